The fourth-order valence-corrected chi connectivity index (χ4v) is 5.92. The summed E-state index contributed by atoms with van der Waals surface area (Å²) < 4.78 is 5.73. The van der Waals surface area contributed by atoms with Crippen LogP contribution in [0.25, 0.3) is 0 Å². The standard InChI is InChI=1S/C22H37BO5S/c23-22(9-7-5-3-1-2-4-6-8-10-22)12-15-11-17(29-14-15)21-20(27)19(26)18(25)16(13-24)28-21/h11,14,16,18-21,24-27H,1-10,12-13,23H2/t16-,18-,19+,20-,21+/m1/s1. The van der Waals surface area contributed by atoms with Gasteiger partial charge in [0.2, 0.25) is 0 Å². The number of hydrogen-bond acceptors (Lipinski definition) is 6. The van der Waals surface area contributed by atoms with Gasteiger partial charge in [0, 0.05) is 4.88 Å². The molecule has 1 saturated carbocycles. The van der Waals surface area contributed by atoms with Crippen LogP contribution in [0.1, 0.15) is 80.8 Å². The first-order valence-electron chi connectivity index (χ1n) is 11.3. The molecule has 2 fully saturated rings. The van der Waals surface area contributed by atoms with Crippen LogP contribution in [0, 0.1) is 0 Å². The summed E-state index contributed by atoms with van der Waals surface area (Å²) in [6.45, 7) is -0.391. The van der Waals surface area contributed by atoms with E-state index in [9.17, 15) is 20.4 Å². The van der Waals surface area contributed by atoms with Crippen LogP contribution in [0.2, 0.25) is 5.31 Å². The molecule has 0 spiro atoms. The van der Waals surface area contributed by atoms with E-state index in [-0.39, 0.29) is 5.31 Å². The lowest BCUT2D eigenvalue weighted by Crippen LogP contribution is -2.55. The number of hydrogen-bond donors (Lipinski definition) is 4. The monoisotopic (exact) mass is 424 g/mol. The van der Waals surface area contributed by atoms with Crippen LogP contribution in [0.3, 0.4) is 0 Å². The predicted octanol–water partition coefficient (Wildman–Crippen LogP) is 2.51. The van der Waals surface area contributed by atoms with Gasteiger partial charge in [-0.2, -0.15) is 0 Å². The van der Waals surface area contributed by atoms with E-state index in [1.165, 1.54) is 81.1 Å². The Hall–Kier alpha value is -0.435. The highest BCUT2D eigenvalue weighted by molar-refractivity contribution is 7.10. The van der Waals surface area contributed by atoms with E-state index < -0.39 is 37.1 Å². The summed E-state index contributed by atoms with van der Waals surface area (Å²) in [6, 6.07) is 2.08. The molecule has 0 aromatic carbocycles. The molecule has 29 heavy (non-hydrogen) atoms. The second-order valence-corrected chi connectivity index (χ2v) is 10.4. The third kappa shape index (κ3) is 6.05. The summed E-state index contributed by atoms with van der Waals surface area (Å²) >= 11 is 1.52. The first-order valence-corrected chi connectivity index (χ1v) is 12.2. The van der Waals surface area contributed by atoms with Crippen molar-refractivity contribution in [1.29, 1.82) is 0 Å². The van der Waals surface area contributed by atoms with Gasteiger partial charge in [0.15, 0.2) is 0 Å². The third-order valence-corrected chi connectivity index (χ3v) is 7.83. The Balaban J connectivity index is 1.67. The van der Waals surface area contributed by atoms with Crippen LogP contribution in [0.15, 0.2) is 11.4 Å². The van der Waals surface area contributed by atoms with Gasteiger partial charge in [-0.25, -0.2) is 0 Å². The van der Waals surface area contributed by atoms with E-state index in [0.717, 1.165) is 11.3 Å². The summed E-state index contributed by atoms with van der Waals surface area (Å²) in [4.78, 5) is 0.845. The maximum Gasteiger partial charge on any atom is 0.121 e. The van der Waals surface area contributed by atoms with Crippen LogP contribution >= 0.6 is 11.3 Å². The van der Waals surface area contributed by atoms with Crippen LogP contribution in [0.4, 0.5) is 0 Å². The molecule has 2 heterocycles. The molecule has 0 amide bonds. The van der Waals surface area contributed by atoms with E-state index in [1.807, 2.05) is 0 Å². The molecule has 164 valence electrons. The molecule has 7 heteroatoms. The Kier molecular flexibility index (Phi) is 8.60. The molecule has 3 rings (SSSR count). The Morgan fingerprint density at radius 3 is 2.10 bits per heavy atom. The van der Waals surface area contributed by atoms with E-state index in [0.29, 0.717) is 0 Å². The van der Waals surface area contributed by atoms with Crippen LogP contribution in [-0.4, -0.2) is 59.3 Å². The lowest BCUT2D eigenvalue weighted by Gasteiger charge is -2.39. The maximum atomic E-state index is 10.4. The summed E-state index contributed by atoms with van der Waals surface area (Å²) in [5.74, 6) is 0. The average molecular weight is 424 g/mol. The van der Waals surface area contributed by atoms with Gasteiger partial charge in [0.1, 0.15) is 38.4 Å². The van der Waals surface area contributed by atoms with Gasteiger partial charge in [-0.3, -0.25) is 0 Å². The highest BCUT2D eigenvalue weighted by Gasteiger charge is 2.44. The van der Waals surface area contributed by atoms with Crippen molar-refractivity contribution in [2.45, 2.75) is 106 Å². The van der Waals surface area contributed by atoms with Gasteiger partial charge in [-0.15, -0.1) is 11.3 Å². The lowest BCUT2D eigenvalue weighted by atomic mass is 9.60. The average Bonchev–Trinajstić information content (AvgIpc) is 3.13. The number of ether oxygens (including phenoxy) is 1. The molecule has 5 nitrogen and oxygen atoms in total. The minimum absolute atomic E-state index is 0.290. The maximum absolute atomic E-state index is 10.4. The van der Waals surface area contributed by atoms with E-state index in [4.69, 9.17) is 4.74 Å². The van der Waals surface area contributed by atoms with Crippen molar-refractivity contribution in [1.82, 2.24) is 0 Å². The molecule has 1 aliphatic carbocycles. The van der Waals surface area contributed by atoms with Gasteiger partial charge in [-0.05, 0) is 23.4 Å². The van der Waals surface area contributed by atoms with Gasteiger partial charge >= 0.3 is 0 Å². The minimum Gasteiger partial charge on any atom is -0.394 e. The van der Waals surface area contributed by atoms with Gasteiger partial charge in [0.05, 0.1) is 6.61 Å². The number of thiophene rings is 1. The Morgan fingerprint density at radius 1 is 0.931 bits per heavy atom. The van der Waals surface area contributed by atoms with Crippen molar-refractivity contribution in [3.05, 3.63) is 21.9 Å². The van der Waals surface area contributed by atoms with Crippen LogP contribution in [0.5, 0.6) is 0 Å². The first kappa shape index (κ1) is 23.2. The fraction of sp³-hybridized carbons (Fsp3) is 0.818. The van der Waals surface area contributed by atoms with Crippen LogP contribution in [-0.2, 0) is 11.2 Å². The normalized spacial score (nSPS) is 34.4. The second-order valence-electron chi connectivity index (χ2n) is 9.42. The fourth-order valence-electron chi connectivity index (χ4n) is 4.93. The van der Waals surface area contributed by atoms with Crippen molar-refractivity contribution in [3.63, 3.8) is 0 Å². The van der Waals surface area contributed by atoms with E-state index in [2.05, 4.69) is 19.3 Å². The quantitative estimate of drug-likeness (QED) is 0.558. The molecular weight excluding hydrogens is 387 g/mol. The second kappa shape index (κ2) is 10.7. The minimum atomic E-state index is -1.32. The topological polar surface area (TPSA) is 90.2 Å². The summed E-state index contributed by atoms with van der Waals surface area (Å²) in [5, 5.41) is 42.3. The lowest BCUT2D eigenvalue weighted by molar-refractivity contribution is -0.230. The molecule has 1 saturated heterocycles. The zero-order chi connectivity index (χ0) is 20.9. The molecule has 0 bridgehead atoms. The predicted molar refractivity (Wildman–Crippen MR) is 118 cm³/mol. The third-order valence-electron chi connectivity index (χ3n) is 6.79. The molecule has 4 N–H and O–H groups in total. The van der Waals surface area contributed by atoms with E-state index >= 15 is 0 Å². The van der Waals surface area contributed by atoms with Gasteiger partial charge in [0.25, 0.3) is 0 Å². The molecule has 1 aliphatic heterocycles. The largest absolute Gasteiger partial charge is 0.394 e. The summed E-state index contributed by atoms with van der Waals surface area (Å²) in [7, 11) is 2.41. The van der Waals surface area contributed by atoms with Crippen molar-refractivity contribution >= 4 is 19.2 Å². The Labute approximate surface area is 179 Å². The van der Waals surface area contributed by atoms with Gasteiger partial charge < -0.3 is 25.2 Å². The van der Waals surface area contributed by atoms with Gasteiger partial charge in [-0.1, -0.05) is 69.5 Å². The molecule has 2 aliphatic rings. The Bertz CT molecular complexity index is 610. The molecule has 5 atom stereocenters. The van der Waals surface area contributed by atoms with Crippen molar-refractivity contribution in [3.8, 4) is 0 Å². The van der Waals surface area contributed by atoms with E-state index in [1.54, 1.807) is 0 Å². The van der Waals surface area contributed by atoms with Crippen LogP contribution < -0.4 is 0 Å². The molecule has 0 radical (unpaired) electrons. The van der Waals surface area contributed by atoms with Crippen molar-refractivity contribution in [2.24, 2.45) is 0 Å². The summed E-state index contributed by atoms with van der Waals surface area (Å²) in [6.07, 6.45) is 8.81. The zero-order valence-electron chi connectivity index (χ0n) is 17.6. The highest BCUT2D eigenvalue weighted by Crippen LogP contribution is 2.42. The number of aliphatic hydroxyl groups excluding tert-OH is 4. The SMILES string of the molecule is BC1(Cc2csc([C@@H]3O[C@H](CO)[C@@H](O)[C@H](O)[C@H]3O)c2)CCCCCCCCCC1. The smallest absolute Gasteiger partial charge is 0.121 e. The molecule has 0 unspecified atom stereocenters. The number of aliphatic hydroxyl groups is 4. The van der Waals surface area contributed by atoms with Crippen molar-refractivity contribution in [2.75, 3.05) is 6.61 Å². The number of rotatable bonds is 4. The Morgan fingerprint density at radius 2 is 1.52 bits per heavy atom. The van der Waals surface area contributed by atoms with Crippen molar-refractivity contribution < 1.29 is 25.2 Å². The molecule has 1 aromatic rings. The molecule has 1 aromatic heterocycles. The highest BCUT2D eigenvalue weighted by atomic mass is 32.1. The first-order chi connectivity index (χ1) is 13.9. The molecular formula is C22H37BO5S. The summed E-state index contributed by atoms with van der Waals surface area (Å²) in [5.41, 5.74) is 1.25. The zero-order valence-corrected chi connectivity index (χ0v) is 18.4.